The second-order valence-corrected chi connectivity index (χ2v) is 6.21. The van der Waals surface area contributed by atoms with Gasteiger partial charge in [0.05, 0.1) is 5.25 Å². The molecule has 3 rings (SSSR count). The summed E-state index contributed by atoms with van der Waals surface area (Å²) in [6.07, 6.45) is 3.12. The Hall–Kier alpha value is -0.710. The van der Waals surface area contributed by atoms with E-state index >= 15 is 0 Å². The highest BCUT2D eigenvalue weighted by molar-refractivity contribution is 8.01. The maximum absolute atomic E-state index is 12.2. The number of halogens is 1. The molecule has 1 fully saturated rings. The molecule has 1 aromatic carbocycles. The lowest BCUT2D eigenvalue weighted by molar-refractivity contribution is -0.121. The van der Waals surface area contributed by atoms with Gasteiger partial charge in [0.25, 0.3) is 0 Å². The van der Waals surface area contributed by atoms with E-state index in [0.29, 0.717) is 6.04 Å². The van der Waals surface area contributed by atoms with Crippen LogP contribution in [-0.2, 0) is 11.2 Å². The highest BCUT2D eigenvalue weighted by Crippen LogP contribution is 2.36. The molecule has 2 unspecified atom stereocenters. The maximum atomic E-state index is 12.2. The van der Waals surface area contributed by atoms with Gasteiger partial charge in [0.2, 0.25) is 5.91 Å². The van der Waals surface area contributed by atoms with Gasteiger partial charge in [-0.3, -0.25) is 4.79 Å². The van der Waals surface area contributed by atoms with E-state index in [2.05, 4.69) is 22.8 Å². The molecule has 19 heavy (non-hydrogen) atoms. The third kappa shape index (κ3) is 3.44. The summed E-state index contributed by atoms with van der Waals surface area (Å²) >= 11 is 1.70. The molecule has 1 saturated heterocycles. The zero-order valence-electron chi connectivity index (χ0n) is 10.7. The van der Waals surface area contributed by atoms with E-state index in [9.17, 15) is 4.79 Å². The first-order valence-corrected chi connectivity index (χ1v) is 7.46. The number of amides is 1. The van der Waals surface area contributed by atoms with Crippen LogP contribution < -0.4 is 10.6 Å². The number of nitrogens with one attached hydrogen (secondary N) is 2. The van der Waals surface area contributed by atoms with Crippen molar-refractivity contribution in [2.75, 3.05) is 13.1 Å². The van der Waals surface area contributed by atoms with Gasteiger partial charge in [0, 0.05) is 17.5 Å². The van der Waals surface area contributed by atoms with Crippen LogP contribution in [0.5, 0.6) is 0 Å². The predicted octanol–water partition coefficient (Wildman–Crippen LogP) is 1.99. The normalized spacial score (nSPS) is 25.3. The first-order valence-electron chi connectivity index (χ1n) is 6.58. The van der Waals surface area contributed by atoms with Gasteiger partial charge in [-0.15, -0.1) is 24.2 Å². The average molecular weight is 299 g/mol. The molecular weight excluding hydrogens is 280 g/mol. The summed E-state index contributed by atoms with van der Waals surface area (Å²) in [7, 11) is 0. The molecule has 0 radical (unpaired) electrons. The molecule has 0 bridgehead atoms. The lowest BCUT2D eigenvalue weighted by Crippen LogP contribution is -2.48. The molecule has 2 atom stereocenters. The third-order valence-electron chi connectivity index (χ3n) is 3.58. The minimum absolute atomic E-state index is 0. The third-order valence-corrected chi connectivity index (χ3v) is 4.90. The number of hydrogen-bond acceptors (Lipinski definition) is 3. The standard InChI is InChI=1S/C14H18N2OS.ClH/c17-14(16-11-5-3-7-15-9-11)13-8-10-4-1-2-6-12(10)18-13;/h1-2,4,6,11,13,15H,3,5,7-9H2,(H,16,17);1H. The molecule has 0 aliphatic carbocycles. The van der Waals surface area contributed by atoms with E-state index in [1.165, 1.54) is 10.5 Å². The number of thioether (sulfide) groups is 1. The van der Waals surface area contributed by atoms with Gasteiger partial charge >= 0.3 is 0 Å². The van der Waals surface area contributed by atoms with Crippen LogP contribution in [0.4, 0.5) is 0 Å². The molecule has 0 saturated carbocycles. The van der Waals surface area contributed by atoms with Crippen molar-refractivity contribution in [3.8, 4) is 0 Å². The molecule has 2 aliphatic heterocycles. The van der Waals surface area contributed by atoms with Crippen molar-refractivity contribution in [3.05, 3.63) is 29.8 Å². The summed E-state index contributed by atoms with van der Waals surface area (Å²) in [6.45, 7) is 1.99. The minimum atomic E-state index is 0. The summed E-state index contributed by atoms with van der Waals surface area (Å²) in [4.78, 5) is 13.5. The summed E-state index contributed by atoms with van der Waals surface area (Å²) < 4.78 is 0. The Morgan fingerprint density at radius 1 is 1.37 bits per heavy atom. The van der Waals surface area contributed by atoms with Crippen LogP contribution >= 0.6 is 24.2 Å². The zero-order valence-corrected chi connectivity index (χ0v) is 12.4. The average Bonchev–Trinajstić information content (AvgIpc) is 2.84. The van der Waals surface area contributed by atoms with Crippen molar-refractivity contribution >= 4 is 30.1 Å². The van der Waals surface area contributed by atoms with E-state index in [1.807, 2.05) is 12.1 Å². The van der Waals surface area contributed by atoms with Gasteiger partial charge in [0.1, 0.15) is 0 Å². The first kappa shape index (κ1) is 14.7. The summed E-state index contributed by atoms with van der Waals surface area (Å²) in [6, 6.07) is 8.63. The quantitative estimate of drug-likeness (QED) is 0.877. The van der Waals surface area contributed by atoms with Crippen molar-refractivity contribution in [1.82, 2.24) is 10.6 Å². The fourth-order valence-electron chi connectivity index (χ4n) is 2.60. The summed E-state index contributed by atoms with van der Waals surface area (Å²) in [5, 5.41) is 6.56. The molecule has 2 heterocycles. The van der Waals surface area contributed by atoms with E-state index < -0.39 is 0 Å². The van der Waals surface area contributed by atoms with Gasteiger partial charge in [-0.2, -0.15) is 0 Å². The molecule has 2 aliphatic rings. The van der Waals surface area contributed by atoms with Crippen LogP contribution in [-0.4, -0.2) is 30.3 Å². The number of rotatable bonds is 2. The Kier molecular flexibility index (Phi) is 5.13. The topological polar surface area (TPSA) is 41.1 Å². The van der Waals surface area contributed by atoms with Crippen molar-refractivity contribution in [3.63, 3.8) is 0 Å². The zero-order chi connectivity index (χ0) is 12.4. The highest BCUT2D eigenvalue weighted by Gasteiger charge is 2.29. The van der Waals surface area contributed by atoms with Crippen LogP contribution in [0.25, 0.3) is 0 Å². The van der Waals surface area contributed by atoms with E-state index in [-0.39, 0.29) is 23.6 Å². The van der Waals surface area contributed by atoms with Crippen LogP contribution in [0, 0.1) is 0 Å². The molecule has 104 valence electrons. The lowest BCUT2D eigenvalue weighted by atomic mass is 10.1. The van der Waals surface area contributed by atoms with Crippen LogP contribution in [0.3, 0.4) is 0 Å². The van der Waals surface area contributed by atoms with Gasteiger partial charge in [0.15, 0.2) is 0 Å². The molecule has 1 amide bonds. The van der Waals surface area contributed by atoms with E-state index in [0.717, 1.165) is 32.4 Å². The molecule has 2 N–H and O–H groups in total. The van der Waals surface area contributed by atoms with E-state index in [1.54, 1.807) is 11.8 Å². The Labute approximate surface area is 124 Å². The maximum Gasteiger partial charge on any atom is 0.234 e. The smallest absolute Gasteiger partial charge is 0.234 e. The van der Waals surface area contributed by atoms with Crippen LogP contribution in [0.1, 0.15) is 18.4 Å². The lowest BCUT2D eigenvalue weighted by Gasteiger charge is -2.24. The Morgan fingerprint density at radius 2 is 2.21 bits per heavy atom. The van der Waals surface area contributed by atoms with Gasteiger partial charge in [-0.25, -0.2) is 0 Å². The predicted molar refractivity (Wildman–Crippen MR) is 81.1 cm³/mol. The van der Waals surface area contributed by atoms with Crippen molar-refractivity contribution in [2.45, 2.75) is 35.4 Å². The highest BCUT2D eigenvalue weighted by atomic mass is 35.5. The summed E-state index contributed by atoms with van der Waals surface area (Å²) in [5.74, 6) is 0.199. The molecule has 1 aromatic rings. The van der Waals surface area contributed by atoms with Gasteiger partial charge in [-0.1, -0.05) is 18.2 Å². The monoisotopic (exact) mass is 298 g/mol. The molecular formula is C14H19ClN2OS. The fraction of sp³-hybridized carbons (Fsp3) is 0.500. The van der Waals surface area contributed by atoms with Crippen LogP contribution in [0.2, 0.25) is 0 Å². The second-order valence-electron chi connectivity index (χ2n) is 4.97. The second kappa shape index (κ2) is 6.64. The number of piperidine rings is 1. The van der Waals surface area contributed by atoms with Gasteiger partial charge in [-0.05, 0) is 37.4 Å². The van der Waals surface area contributed by atoms with Crippen LogP contribution in [0.15, 0.2) is 29.2 Å². The summed E-state index contributed by atoms with van der Waals surface area (Å²) in [5.41, 5.74) is 1.31. The number of carbonyl (C=O) groups is 1. The Morgan fingerprint density at radius 3 is 2.95 bits per heavy atom. The van der Waals surface area contributed by atoms with Crippen molar-refractivity contribution < 1.29 is 4.79 Å². The number of benzene rings is 1. The SMILES string of the molecule is Cl.O=C(NC1CCCNC1)C1Cc2ccccc2S1. The molecule has 0 spiro atoms. The Balaban J connectivity index is 0.00000133. The number of fused-ring (bicyclic) bond motifs is 1. The molecule has 0 aromatic heterocycles. The first-order chi connectivity index (χ1) is 8.83. The number of carbonyl (C=O) groups excluding carboxylic acids is 1. The molecule has 5 heteroatoms. The number of hydrogen-bond donors (Lipinski definition) is 2. The van der Waals surface area contributed by atoms with Gasteiger partial charge < -0.3 is 10.6 Å². The van der Waals surface area contributed by atoms with Crippen molar-refractivity contribution in [1.29, 1.82) is 0 Å². The largest absolute Gasteiger partial charge is 0.351 e. The van der Waals surface area contributed by atoms with Crippen molar-refractivity contribution in [2.24, 2.45) is 0 Å². The molecule has 3 nitrogen and oxygen atoms in total. The Bertz CT molecular complexity index is 424. The minimum Gasteiger partial charge on any atom is -0.351 e. The fourth-order valence-corrected chi connectivity index (χ4v) is 3.80. The van der Waals surface area contributed by atoms with E-state index in [4.69, 9.17) is 0 Å².